The van der Waals surface area contributed by atoms with E-state index in [4.69, 9.17) is 22.9 Å². The summed E-state index contributed by atoms with van der Waals surface area (Å²) < 4.78 is 15.9. The molecule has 712 valence electrons. The van der Waals surface area contributed by atoms with Crippen molar-refractivity contribution in [2.45, 2.75) is 266 Å². The van der Waals surface area contributed by atoms with Crippen molar-refractivity contribution in [1.82, 2.24) is 81.5 Å². The molecule has 5 aliphatic heterocycles. The van der Waals surface area contributed by atoms with Crippen molar-refractivity contribution in [1.29, 1.82) is 0 Å². The number of aromatic amines is 1. The van der Waals surface area contributed by atoms with Crippen molar-refractivity contribution >= 4 is 122 Å². The fourth-order valence-corrected chi connectivity index (χ4v) is 18.2. The van der Waals surface area contributed by atoms with Crippen LogP contribution in [0, 0.1) is 11.7 Å². The number of aliphatic hydroxyl groups excluding tert-OH is 1. The van der Waals surface area contributed by atoms with Gasteiger partial charge in [0.15, 0.2) is 5.66 Å². The van der Waals surface area contributed by atoms with Gasteiger partial charge in [-0.15, -0.1) is 0 Å². The predicted molar refractivity (Wildman–Crippen MR) is 474 cm³/mol. The first-order valence-electron chi connectivity index (χ1n) is 45.1. The van der Waals surface area contributed by atoms with E-state index in [1.54, 1.807) is 54.7 Å². The van der Waals surface area contributed by atoms with Crippen molar-refractivity contribution in [2.75, 3.05) is 53.4 Å². The van der Waals surface area contributed by atoms with Crippen LogP contribution < -0.4 is 65.5 Å². The minimum Gasteiger partial charge on any atom is -0.481 e. The lowest BCUT2D eigenvalue weighted by atomic mass is 9.97. The number of halogens is 1. The van der Waals surface area contributed by atoms with Crippen LogP contribution in [0.5, 0.6) is 0 Å². The normalized spacial score (nSPS) is 26.6. The summed E-state index contributed by atoms with van der Waals surface area (Å²) in [6.45, 7) is 4.95. The van der Waals surface area contributed by atoms with Crippen molar-refractivity contribution < 1.29 is 101 Å². The number of nitrogens with two attached hydrogens (primary N) is 4. The van der Waals surface area contributed by atoms with Crippen molar-refractivity contribution in [3.63, 3.8) is 0 Å². The van der Waals surface area contributed by atoms with Gasteiger partial charge in [-0.1, -0.05) is 102 Å². The minimum atomic E-state index is -1.92. The summed E-state index contributed by atoms with van der Waals surface area (Å²) in [4.78, 5) is 259. The summed E-state index contributed by atoms with van der Waals surface area (Å²) >= 11 is 0. The predicted octanol–water partition coefficient (Wildman–Crippen LogP) is -0.994. The van der Waals surface area contributed by atoms with E-state index in [1.807, 2.05) is 27.7 Å². The number of para-hydroxylation sites is 2. The van der Waals surface area contributed by atoms with Gasteiger partial charge in [-0.25, -0.2) is 4.39 Å². The largest absolute Gasteiger partial charge is 0.481 e. The topological polar surface area (TPSA) is 591 Å². The molecule has 2 aromatic heterocycles. The highest BCUT2D eigenvalue weighted by atomic mass is 19.1. The number of nitrogens with zero attached hydrogens (tertiary/aromatic N) is 7. The maximum Gasteiger partial charge on any atom is 0.323 e. The average Bonchev–Trinajstić information content (AvgIpc) is 1.52. The standard InChI is InChI=1S/C90H125FN20O20/c1-7-9-23-68-81(123)100-62(39-50(3)4)77(119)96-36-17-21-58(94)76(118)102-64(40-51-27-29-54(91)30-28-51)86(128)110-38-16-15-34-90(110)89(131)111(90)72(44-73(95)113)88(130)108-37-18-26-69(108)82(124)104-66(45-93)80(122)99-61(31-32-74(114)115)85(127)109-48-55(112)43-71(109)83(125)101-63(41-52-46-97-59-22-13-11-19-56(52)59)79(121)98-60(33-35-92)78(120)103-65(84(126)106(6)70(24-10-8-2)87(129)105(68)5)42-53-47-107(49-75(116)117)67-25-14-12-20-57(53)67/h11-14,19-20,22,25,27-30,46-47,50,55,58,60-66,68-72,97,112H,7-10,15-18,21,23-24,26,31-45,48-49,92-94H2,1-6H3,(H2,95,113)(H,96,119)(H,98,121)(H,99,122)(H,100,123)(H,101,125)(H,102,118)(H,103,120)(H,104,124)(H,114,115)(H,116,117)/t55-,58+,60+,61+,62+,63+,64+,65+,66+,68+,69+,70+,71+,72+,90-,111?/m1/s1. The molecule has 5 aliphatic rings. The third-order valence-corrected chi connectivity index (χ3v) is 25.2. The highest BCUT2D eigenvalue weighted by Gasteiger charge is 2.72. The first-order valence-corrected chi connectivity index (χ1v) is 45.1. The third-order valence-electron chi connectivity index (χ3n) is 25.2. The Morgan fingerprint density at radius 1 is 0.557 bits per heavy atom. The molecule has 41 heteroatoms. The summed E-state index contributed by atoms with van der Waals surface area (Å²) in [5.74, 6) is -17.2. The Morgan fingerprint density at radius 3 is 1.83 bits per heavy atom. The molecule has 7 heterocycles. The molecule has 15 atom stereocenters. The molecule has 10 rings (SSSR count). The number of benzene rings is 3. The first kappa shape index (κ1) is 101. The molecule has 5 aromatic rings. The zero-order valence-electron chi connectivity index (χ0n) is 74.8. The number of rotatable bonds is 24. The number of carboxylic acids is 2. The molecule has 5 saturated heterocycles. The quantitative estimate of drug-likeness (QED) is 0.0330. The molecule has 15 amide bonds. The van der Waals surface area contributed by atoms with E-state index in [-0.39, 0.29) is 109 Å². The number of hydrogen-bond acceptors (Lipinski definition) is 21. The maximum absolute atomic E-state index is 15.9. The summed E-state index contributed by atoms with van der Waals surface area (Å²) in [6, 6.07) is -1.33. The van der Waals surface area contributed by atoms with Crippen molar-refractivity contribution in [3.05, 3.63) is 108 Å². The van der Waals surface area contributed by atoms with Gasteiger partial charge < -0.3 is 115 Å². The molecule has 0 unspecified atom stereocenters. The lowest BCUT2D eigenvalue weighted by Gasteiger charge is -2.39. The number of hydrogen-bond donors (Lipinski definition) is 16. The zero-order valence-corrected chi connectivity index (χ0v) is 74.8. The monoisotopic (exact) mass is 1820 g/mol. The maximum atomic E-state index is 15.9. The van der Waals surface area contributed by atoms with Gasteiger partial charge in [-0.3, -0.25) is 86.4 Å². The van der Waals surface area contributed by atoms with E-state index in [1.165, 1.54) is 46.8 Å². The molecule has 20 N–H and O–H groups in total. The number of nitrogens with one attached hydrogen (secondary N) is 9. The summed E-state index contributed by atoms with van der Waals surface area (Å²) in [6.07, 6.45) is 0.238. The van der Waals surface area contributed by atoms with Gasteiger partial charge in [0, 0.05) is 113 Å². The molecule has 40 nitrogen and oxygen atoms in total. The SMILES string of the molecule is CCCC[C@H]1C(=O)N(C)[C@@H](CCCC)C(=O)N[C@@H](CC(C)C)C(=O)NCCC[C@H](N)C(=O)N[C@@H](Cc2ccc(F)cc2)C(=O)N2CCCC[C@@]23C(=O)N3[C@@H](CC(N)=O)C(=O)N2CCC[C@H]2C(=O)N[C@@H](CN)C(=O)N[C@@H](CCC(=O)O)C(=O)N2C[C@H](O)C[C@H]2C(=O)N[C@@H](Cc2c[nH]c3ccccc23)C(=O)N[C@@H](CCN)C(=O)N[C@@H](Cc2cn(CC(=O)O)c3ccccc23)C(=O)N1C. The number of aliphatic carboxylic acids is 2. The van der Waals surface area contributed by atoms with E-state index >= 15 is 43.2 Å². The van der Waals surface area contributed by atoms with Crippen LogP contribution in [0.3, 0.4) is 0 Å². The van der Waals surface area contributed by atoms with Crippen molar-refractivity contribution in [3.8, 4) is 0 Å². The molecule has 131 heavy (non-hydrogen) atoms. The Labute approximate surface area is 757 Å². The van der Waals surface area contributed by atoms with E-state index in [2.05, 4.69) is 47.5 Å². The second kappa shape index (κ2) is 45.8. The smallest absolute Gasteiger partial charge is 0.323 e. The Balaban J connectivity index is 1.02. The molecule has 1 spiro atoms. The van der Waals surface area contributed by atoms with Crippen LogP contribution in [0.1, 0.15) is 166 Å². The molecule has 0 aliphatic carbocycles. The van der Waals surface area contributed by atoms with Crippen LogP contribution in [0.25, 0.3) is 21.8 Å². The van der Waals surface area contributed by atoms with E-state index in [9.17, 15) is 58.1 Å². The summed E-state index contributed by atoms with van der Waals surface area (Å²) in [5.41, 5.74) is 25.2. The molecular weight excluding hydrogens is 1700 g/mol. The highest BCUT2D eigenvalue weighted by Crippen LogP contribution is 2.48. The number of carbonyl (C=O) groups excluding carboxylic acids is 15. The van der Waals surface area contributed by atoms with Crippen LogP contribution in [-0.2, 0) is 107 Å². The van der Waals surface area contributed by atoms with Gasteiger partial charge in [0.05, 0.1) is 18.6 Å². The van der Waals surface area contributed by atoms with E-state index in [0.29, 0.717) is 77.0 Å². The molecule has 3 aromatic carbocycles. The minimum absolute atomic E-state index is 0.0189. The number of likely N-dealkylation sites (N-methyl/N-ethyl adjacent to an activating group) is 2. The first-order chi connectivity index (χ1) is 62.4. The lowest BCUT2D eigenvalue weighted by molar-refractivity contribution is -0.149. The Hall–Kier alpha value is -12.5. The molecule has 0 bridgehead atoms. The van der Waals surface area contributed by atoms with Gasteiger partial charge in [-0.05, 0) is 130 Å². The van der Waals surface area contributed by atoms with Crippen LogP contribution in [-0.4, -0.2) is 298 Å². The van der Waals surface area contributed by atoms with Crippen LogP contribution >= 0.6 is 0 Å². The van der Waals surface area contributed by atoms with Crippen LogP contribution in [0.4, 0.5) is 4.39 Å². The number of carboxylic acid groups (broad SMARTS) is 2. The number of amides is 15. The summed E-state index contributed by atoms with van der Waals surface area (Å²) in [7, 11) is 2.76. The Bertz CT molecular complexity index is 5030. The second-order valence-corrected chi connectivity index (χ2v) is 35.1. The lowest BCUT2D eigenvalue weighted by Crippen LogP contribution is -2.61. The number of aliphatic hydroxyl groups is 1. The third kappa shape index (κ3) is 24.8. The number of fused-ring (bicyclic) bond motifs is 4. The molecule has 0 saturated carbocycles. The molecular formula is C90H125FN20O20. The van der Waals surface area contributed by atoms with Crippen molar-refractivity contribution in [2.24, 2.45) is 28.9 Å². The van der Waals surface area contributed by atoms with Gasteiger partial charge in [0.1, 0.15) is 84.9 Å². The number of primary amides is 1. The number of carbonyl (C=O) groups is 17. The van der Waals surface area contributed by atoms with Crippen LogP contribution in [0.2, 0.25) is 0 Å². The van der Waals surface area contributed by atoms with Gasteiger partial charge in [0.25, 0.3) is 5.91 Å². The number of piperidine rings is 1. The summed E-state index contributed by atoms with van der Waals surface area (Å²) in [5, 5.41) is 54.3. The zero-order chi connectivity index (χ0) is 95.4. The molecule has 0 radical (unpaired) electrons. The van der Waals surface area contributed by atoms with Gasteiger partial charge in [-0.2, -0.15) is 0 Å². The fourth-order valence-electron chi connectivity index (χ4n) is 18.2. The number of aromatic nitrogens is 2. The van der Waals surface area contributed by atoms with Gasteiger partial charge >= 0.3 is 11.9 Å². The van der Waals surface area contributed by atoms with E-state index < -0.39 is 242 Å². The number of H-pyrrole nitrogens is 1. The second-order valence-electron chi connectivity index (χ2n) is 35.1. The van der Waals surface area contributed by atoms with Gasteiger partial charge in [0.2, 0.25) is 82.7 Å². The van der Waals surface area contributed by atoms with Crippen LogP contribution in [0.15, 0.2) is 85.2 Å². The average molecular weight is 1830 g/mol. The fraction of sp³-hybridized carbons (Fsp3) is 0.567. The highest BCUT2D eigenvalue weighted by molar-refractivity contribution is 6.10. The Kier molecular flexibility index (Phi) is 35.2. The molecule has 5 fully saturated rings. The number of unbranched alkanes of at least 4 members (excludes halogenated alkanes) is 2. The Morgan fingerprint density at radius 2 is 1.16 bits per heavy atom. The van der Waals surface area contributed by atoms with E-state index in [0.717, 1.165) is 31.7 Å².